The maximum absolute atomic E-state index is 13.7. The lowest BCUT2D eigenvalue weighted by Gasteiger charge is -2.42. The quantitative estimate of drug-likeness (QED) is 0.576. The Hall–Kier alpha value is -0.440. The number of nitrogens with zero attached hydrogens (tertiary/aromatic N) is 1. The SMILES string of the molecule is CC1(F)CN(C(C)(C)C)CCC1=O. The number of carbonyl (C=O) groups excluding carboxylic acids is 1. The van der Waals surface area contributed by atoms with Crippen LogP contribution in [-0.2, 0) is 4.79 Å². The summed E-state index contributed by atoms with van der Waals surface area (Å²) in [5, 5.41) is 0. The van der Waals surface area contributed by atoms with Crippen LogP contribution < -0.4 is 0 Å². The first-order valence-corrected chi connectivity index (χ1v) is 4.71. The van der Waals surface area contributed by atoms with Crippen LogP contribution >= 0.6 is 0 Å². The molecular formula is C10H18FNO. The van der Waals surface area contributed by atoms with E-state index < -0.39 is 5.67 Å². The molecule has 1 atom stereocenters. The van der Waals surface area contributed by atoms with Crippen LogP contribution in [0.25, 0.3) is 0 Å². The van der Waals surface area contributed by atoms with Crippen LogP contribution in [0.15, 0.2) is 0 Å². The number of carbonyl (C=O) groups is 1. The standard InChI is InChI=1S/C10H18FNO/c1-9(2,3)12-6-5-8(13)10(4,11)7-12/h5-7H2,1-4H3. The van der Waals surface area contributed by atoms with Crippen molar-refractivity contribution < 1.29 is 9.18 Å². The van der Waals surface area contributed by atoms with Crippen LogP contribution in [0.4, 0.5) is 4.39 Å². The number of ketones is 1. The summed E-state index contributed by atoms with van der Waals surface area (Å²) >= 11 is 0. The molecule has 0 amide bonds. The van der Waals surface area contributed by atoms with Gasteiger partial charge in [-0.1, -0.05) is 0 Å². The van der Waals surface area contributed by atoms with Crippen LogP contribution in [0, 0.1) is 0 Å². The van der Waals surface area contributed by atoms with Crippen molar-refractivity contribution in [1.29, 1.82) is 0 Å². The van der Waals surface area contributed by atoms with Crippen LogP contribution in [0.5, 0.6) is 0 Å². The predicted molar refractivity (Wildman–Crippen MR) is 50.5 cm³/mol. The first kappa shape index (κ1) is 10.6. The zero-order valence-corrected chi connectivity index (χ0v) is 8.85. The van der Waals surface area contributed by atoms with Gasteiger partial charge in [-0.15, -0.1) is 0 Å². The minimum absolute atomic E-state index is 0.0476. The average Bonchev–Trinajstić information content (AvgIpc) is 1.92. The van der Waals surface area contributed by atoms with Gasteiger partial charge in [-0.05, 0) is 27.7 Å². The molecule has 1 aliphatic heterocycles. The number of hydrogen-bond donors (Lipinski definition) is 0. The van der Waals surface area contributed by atoms with Crippen LogP contribution in [-0.4, -0.2) is 35.0 Å². The maximum atomic E-state index is 13.7. The average molecular weight is 187 g/mol. The topological polar surface area (TPSA) is 20.3 Å². The summed E-state index contributed by atoms with van der Waals surface area (Å²) < 4.78 is 13.7. The lowest BCUT2D eigenvalue weighted by Crippen LogP contribution is -2.55. The molecule has 0 aromatic carbocycles. The second-order valence-corrected chi connectivity index (χ2v) is 4.96. The highest BCUT2D eigenvalue weighted by Crippen LogP contribution is 2.26. The molecule has 0 aromatic rings. The zero-order valence-electron chi connectivity index (χ0n) is 8.85. The van der Waals surface area contributed by atoms with E-state index in [4.69, 9.17) is 0 Å². The number of rotatable bonds is 0. The highest BCUT2D eigenvalue weighted by molar-refractivity contribution is 5.87. The maximum Gasteiger partial charge on any atom is 0.178 e. The van der Waals surface area contributed by atoms with Gasteiger partial charge >= 0.3 is 0 Å². The summed E-state index contributed by atoms with van der Waals surface area (Å²) in [6.07, 6.45) is 0.338. The summed E-state index contributed by atoms with van der Waals surface area (Å²) in [5.74, 6) is -0.256. The van der Waals surface area contributed by atoms with E-state index in [9.17, 15) is 9.18 Å². The molecule has 1 unspecified atom stereocenters. The molecule has 76 valence electrons. The fraction of sp³-hybridized carbons (Fsp3) is 0.900. The smallest absolute Gasteiger partial charge is 0.178 e. The highest BCUT2D eigenvalue weighted by atomic mass is 19.1. The molecule has 0 bridgehead atoms. The molecule has 0 N–H and O–H groups in total. The Morgan fingerprint density at radius 2 is 2.00 bits per heavy atom. The van der Waals surface area contributed by atoms with Gasteiger partial charge in [0.05, 0.1) is 0 Å². The van der Waals surface area contributed by atoms with Crippen LogP contribution in [0.1, 0.15) is 34.1 Å². The monoisotopic (exact) mass is 187 g/mol. The van der Waals surface area contributed by atoms with Crippen molar-refractivity contribution >= 4 is 5.78 Å². The lowest BCUT2D eigenvalue weighted by molar-refractivity contribution is -0.136. The van der Waals surface area contributed by atoms with Gasteiger partial charge in [-0.25, -0.2) is 4.39 Å². The number of Topliss-reactive ketones (excluding diaryl/α,β-unsaturated/α-hetero) is 1. The number of piperidine rings is 1. The van der Waals surface area contributed by atoms with E-state index in [1.807, 2.05) is 25.7 Å². The number of likely N-dealkylation sites (tertiary alicyclic amines) is 1. The van der Waals surface area contributed by atoms with Gasteiger partial charge in [0, 0.05) is 25.0 Å². The Morgan fingerprint density at radius 1 is 1.46 bits per heavy atom. The molecule has 0 spiro atoms. The fourth-order valence-electron chi connectivity index (χ4n) is 1.60. The molecule has 13 heavy (non-hydrogen) atoms. The normalized spacial score (nSPS) is 32.2. The Balaban J connectivity index is 2.72. The second kappa shape index (κ2) is 3.05. The van der Waals surface area contributed by atoms with E-state index >= 15 is 0 Å². The molecule has 0 aromatic heterocycles. The third-order valence-corrected chi connectivity index (χ3v) is 2.63. The number of alkyl halides is 1. The van der Waals surface area contributed by atoms with Crippen molar-refractivity contribution in [3.63, 3.8) is 0 Å². The van der Waals surface area contributed by atoms with Crippen molar-refractivity contribution in [3.05, 3.63) is 0 Å². The fourth-order valence-corrected chi connectivity index (χ4v) is 1.60. The van der Waals surface area contributed by atoms with Gasteiger partial charge in [-0.2, -0.15) is 0 Å². The van der Waals surface area contributed by atoms with Crippen molar-refractivity contribution in [1.82, 2.24) is 4.90 Å². The van der Waals surface area contributed by atoms with Crippen molar-refractivity contribution in [3.8, 4) is 0 Å². The molecule has 0 radical (unpaired) electrons. The summed E-state index contributed by atoms with van der Waals surface area (Å²) in [6.45, 7) is 8.42. The molecule has 0 aliphatic carbocycles. The van der Waals surface area contributed by atoms with Gasteiger partial charge < -0.3 is 0 Å². The van der Waals surface area contributed by atoms with Gasteiger partial charge in [0.15, 0.2) is 11.5 Å². The first-order chi connectivity index (χ1) is 5.73. The first-order valence-electron chi connectivity index (χ1n) is 4.71. The van der Waals surface area contributed by atoms with Gasteiger partial charge in [-0.3, -0.25) is 9.69 Å². The highest BCUT2D eigenvalue weighted by Gasteiger charge is 2.41. The minimum atomic E-state index is -1.65. The molecule has 3 heteroatoms. The Labute approximate surface area is 79.1 Å². The number of halogens is 1. The van der Waals surface area contributed by atoms with Crippen LogP contribution in [0.2, 0.25) is 0 Å². The summed E-state index contributed by atoms with van der Waals surface area (Å²) in [6, 6.07) is 0. The van der Waals surface area contributed by atoms with E-state index in [0.29, 0.717) is 13.0 Å². The van der Waals surface area contributed by atoms with Gasteiger partial charge in [0.2, 0.25) is 0 Å². The van der Waals surface area contributed by atoms with Crippen molar-refractivity contribution in [2.75, 3.05) is 13.1 Å². The van der Waals surface area contributed by atoms with E-state index in [-0.39, 0.29) is 17.9 Å². The molecule has 1 saturated heterocycles. The summed E-state index contributed by atoms with van der Waals surface area (Å²) in [5.41, 5.74) is -1.69. The minimum Gasteiger partial charge on any atom is -0.296 e. The zero-order chi connectivity index (χ0) is 10.3. The largest absolute Gasteiger partial charge is 0.296 e. The lowest BCUT2D eigenvalue weighted by atomic mass is 9.91. The van der Waals surface area contributed by atoms with Crippen molar-refractivity contribution in [2.24, 2.45) is 0 Å². The molecule has 2 nitrogen and oxygen atoms in total. The van der Waals surface area contributed by atoms with E-state index in [1.165, 1.54) is 6.92 Å². The van der Waals surface area contributed by atoms with Gasteiger partial charge in [0.1, 0.15) is 0 Å². The Kier molecular flexibility index (Phi) is 2.50. The Bertz CT molecular complexity index is 217. The van der Waals surface area contributed by atoms with E-state index in [0.717, 1.165) is 0 Å². The third kappa shape index (κ3) is 2.27. The van der Waals surface area contributed by atoms with E-state index in [1.54, 1.807) is 0 Å². The molecule has 0 saturated carbocycles. The summed E-state index contributed by atoms with van der Waals surface area (Å²) in [7, 11) is 0. The van der Waals surface area contributed by atoms with Crippen LogP contribution in [0.3, 0.4) is 0 Å². The molecular weight excluding hydrogens is 169 g/mol. The number of hydrogen-bond acceptors (Lipinski definition) is 2. The molecule has 1 rings (SSSR count). The Morgan fingerprint density at radius 3 is 2.38 bits per heavy atom. The molecule has 1 fully saturated rings. The van der Waals surface area contributed by atoms with E-state index in [2.05, 4.69) is 0 Å². The third-order valence-electron chi connectivity index (χ3n) is 2.63. The molecule has 1 heterocycles. The van der Waals surface area contributed by atoms with Crippen molar-refractivity contribution in [2.45, 2.75) is 45.3 Å². The second-order valence-electron chi connectivity index (χ2n) is 4.96. The van der Waals surface area contributed by atoms with Gasteiger partial charge in [0.25, 0.3) is 0 Å². The molecule has 1 aliphatic rings. The predicted octanol–water partition coefficient (Wildman–Crippen LogP) is 1.79. The summed E-state index contributed by atoms with van der Waals surface area (Å²) in [4.78, 5) is 13.2.